The van der Waals surface area contributed by atoms with E-state index in [9.17, 15) is 8.42 Å². The number of likely N-dealkylation sites (N-methyl/N-ethyl adjacent to an activating group) is 1. The van der Waals surface area contributed by atoms with Gasteiger partial charge in [0.25, 0.3) is 0 Å². The van der Waals surface area contributed by atoms with Crippen molar-refractivity contribution in [3.63, 3.8) is 0 Å². The van der Waals surface area contributed by atoms with Crippen LogP contribution in [0.15, 0.2) is 17.3 Å². The molecule has 1 aliphatic heterocycles. The quantitative estimate of drug-likeness (QED) is 0.826. The molecule has 1 N–H and O–H groups in total. The summed E-state index contributed by atoms with van der Waals surface area (Å²) in [5.74, 6) is 0.390. The number of hydrogen-bond donors (Lipinski definition) is 1. The maximum Gasteiger partial charge on any atom is 0.246 e. The first kappa shape index (κ1) is 13.2. The number of hydrogen-bond acceptors (Lipinski definition) is 6. The first-order chi connectivity index (χ1) is 8.55. The number of nitrogens with zero attached hydrogens (tertiary/aromatic N) is 3. The Kier molecular flexibility index (Phi) is 3.79. The predicted molar refractivity (Wildman–Crippen MR) is 65.8 cm³/mol. The van der Waals surface area contributed by atoms with Crippen molar-refractivity contribution in [3.8, 4) is 0 Å². The van der Waals surface area contributed by atoms with E-state index in [0.717, 1.165) is 0 Å². The molecule has 18 heavy (non-hydrogen) atoms. The molecule has 0 aliphatic carbocycles. The van der Waals surface area contributed by atoms with Crippen LogP contribution in [0.1, 0.15) is 6.42 Å². The third-order valence-corrected chi connectivity index (χ3v) is 4.81. The third kappa shape index (κ3) is 2.45. The second-order valence-electron chi connectivity index (χ2n) is 4.03. The van der Waals surface area contributed by atoms with E-state index in [0.29, 0.717) is 25.6 Å². The molecule has 0 spiro atoms. The van der Waals surface area contributed by atoms with Gasteiger partial charge in [0.2, 0.25) is 16.0 Å². The van der Waals surface area contributed by atoms with Gasteiger partial charge in [0.05, 0.1) is 25.0 Å². The SMILES string of the molecule is CNc1ncc(S(=O)(=O)N(C)C2CCOC2)cn1. The Hall–Kier alpha value is -1.25. The van der Waals surface area contributed by atoms with Gasteiger partial charge in [0.1, 0.15) is 4.90 Å². The summed E-state index contributed by atoms with van der Waals surface area (Å²) in [6, 6.07) is -0.112. The first-order valence-corrected chi connectivity index (χ1v) is 7.05. The van der Waals surface area contributed by atoms with Crippen molar-refractivity contribution in [2.75, 3.05) is 32.6 Å². The van der Waals surface area contributed by atoms with Crippen molar-refractivity contribution < 1.29 is 13.2 Å². The highest BCUT2D eigenvalue weighted by molar-refractivity contribution is 7.89. The van der Waals surface area contributed by atoms with E-state index in [1.54, 1.807) is 14.1 Å². The fourth-order valence-corrected chi connectivity index (χ4v) is 3.01. The van der Waals surface area contributed by atoms with Gasteiger partial charge in [-0.15, -0.1) is 0 Å². The van der Waals surface area contributed by atoms with Crippen LogP contribution in [0.4, 0.5) is 5.95 Å². The predicted octanol–water partition coefficient (Wildman–Crippen LogP) is -0.0723. The van der Waals surface area contributed by atoms with Crippen LogP contribution in [0.3, 0.4) is 0 Å². The van der Waals surface area contributed by atoms with Gasteiger partial charge in [0.15, 0.2) is 0 Å². The molecule has 0 bridgehead atoms. The molecule has 1 aromatic rings. The van der Waals surface area contributed by atoms with Gasteiger partial charge in [-0.05, 0) is 6.42 Å². The molecule has 1 unspecified atom stereocenters. The van der Waals surface area contributed by atoms with E-state index in [1.807, 2.05) is 0 Å². The fraction of sp³-hybridized carbons (Fsp3) is 0.600. The lowest BCUT2D eigenvalue weighted by molar-refractivity contribution is 0.181. The molecular weight excluding hydrogens is 256 g/mol. The minimum absolute atomic E-state index is 0.0934. The maximum absolute atomic E-state index is 12.3. The summed E-state index contributed by atoms with van der Waals surface area (Å²) in [6.45, 7) is 1.03. The second kappa shape index (κ2) is 5.17. The van der Waals surface area contributed by atoms with Crippen LogP contribution in [0, 0.1) is 0 Å². The highest BCUT2D eigenvalue weighted by atomic mass is 32.2. The summed E-state index contributed by atoms with van der Waals surface area (Å²) in [5.41, 5.74) is 0. The second-order valence-corrected chi connectivity index (χ2v) is 6.03. The molecule has 0 aromatic carbocycles. The van der Waals surface area contributed by atoms with E-state index in [2.05, 4.69) is 15.3 Å². The molecule has 2 rings (SSSR count). The van der Waals surface area contributed by atoms with Crippen LogP contribution in [0.2, 0.25) is 0 Å². The van der Waals surface area contributed by atoms with E-state index >= 15 is 0 Å². The lowest BCUT2D eigenvalue weighted by Gasteiger charge is -2.22. The van der Waals surface area contributed by atoms with Crippen LogP contribution >= 0.6 is 0 Å². The van der Waals surface area contributed by atoms with Gasteiger partial charge in [-0.3, -0.25) is 0 Å². The Labute approximate surface area is 106 Å². The topological polar surface area (TPSA) is 84.4 Å². The zero-order chi connectivity index (χ0) is 13.2. The molecule has 8 heteroatoms. The lowest BCUT2D eigenvalue weighted by Crippen LogP contribution is -2.37. The van der Waals surface area contributed by atoms with Gasteiger partial charge in [-0.25, -0.2) is 18.4 Å². The molecule has 0 radical (unpaired) electrons. The average molecular weight is 272 g/mol. The number of ether oxygens (including phenoxy) is 1. The van der Waals surface area contributed by atoms with E-state index in [-0.39, 0.29) is 10.9 Å². The van der Waals surface area contributed by atoms with Crippen molar-refractivity contribution >= 4 is 16.0 Å². The Morgan fingerprint density at radius 1 is 1.44 bits per heavy atom. The molecule has 0 amide bonds. The van der Waals surface area contributed by atoms with Crippen LogP contribution in [-0.4, -0.2) is 56.0 Å². The van der Waals surface area contributed by atoms with Crippen molar-refractivity contribution in [3.05, 3.63) is 12.4 Å². The molecule has 1 aromatic heterocycles. The smallest absolute Gasteiger partial charge is 0.246 e. The zero-order valence-corrected chi connectivity index (χ0v) is 11.1. The minimum atomic E-state index is -3.55. The van der Waals surface area contributed by atoms with E-state index < -0.39 is 10.0 Å². The molecule has 0 saturated carbocycles. The summed E-state index contributed by atoms with van der Waals surface area (Å²) < 4.78 is 31.1. The van der Waals surface area contributed by atoms with Gasteiger partial charge in [-0.2, -0.15) is 4.31 Å². The molecule has 100 valence electrons. The number of anilines is 1. The zero-order valence-electron chi connectivity index (χ0n) is 10.3. The monoisotopic (exact) mass is 272 g/mol. The summed E-state index contributed by atoms with van der Waals surface area (Å²) in [5, 5.41) is 2.74. The van der Waals surface area contributed by atoms with Crippen LogP contribution < -0.4 is 5.32 Å². The molecule has 1 atom stereocenters. The van der Waals surface area contributed by atoms with Gasteiger partial charge in [-0.1, -0.05) is 0 Å². The number of nitrogens with one attached hydrogen (secondary N) is 1. The van der Waals surface area contributed by atoms with Crippen LogP contribution in [0.25, 0.3) is 0 Å². The molecule has 1 fully saturated rings. The van der Waals surface area contributed by atoms with E-state index in [4.69, 9.17) is 4.74 Å². The summed E-state index contributed by atoms with van der Waals surface area (Å²) in [7, 11) is -0.318. The molecule has 2 heterocycles. The largest absolute Gasteiger partial charge is 0.380 e. The fourth-order valence-electron chi connectivity index (χ4n) is 1.75. The van der Waals surface area contributed by atoms with Gasteiger partial charge in [0, 0.05) is 20.7 Å². The standard InChI is InChI=1S/C10H16N4O3S/c1-11-10-12-5-9(6-13-10)18(15,16)14(2)8-3-4-17-7-8/h5-6,8H,3-4,7H2,1-2H3,(H,11,12,13). The molecular formula is C10H16N4O3S. The summed E-state index contributed by atoms with van der Waals surface area (Å²) in [4.78, 5) is 7.92. The van der Waals surface area contributed by atoms with Gasteiger partial charge >= 0.3 is 0 Å². The van der Waals surface area contributed by atoms with Crippen molar-refractivity contribution in [1.82, 2.24) is 14.3 Å². The average Bonchev–Trinajstić information content (AvgIpc) is 2.91. The maximum atomic E-state index is 12.3. The van der Waals surface area contributed by atoms with Crippen molar-refractivity contribution in [2.45, 2.75) is 17.4 Å². The highest BCUT2D eigenvalue weighted by Crippen LogP contribution is 2.19. The van der Waals surface area contributed by atoms with Gasteiger partial charge < -0.3 is 10.1 Å². The first-order valence-electron chi connectivity index (χ1n) is 5.61. The molecule has 1 saturated heterocycles. The normalized spacial score (nSPS) is 20.3. The Morgan fingerprint density at radius 3 is 2.61 bits per heavy atom. The summed E-state index contributed by atoms with van der Waals surface area (Å²) >= 11 is 0. The van der Waals surface area contributed by atoms with Crippen molar-refractivity contribution in [1.29, 1.82) is 0 Å². The Bertz CT molecular complexity index is 496. The highest BCUT2D eigenvalue weighted by Gasteiger charge is 2.31. The lowest BCUT2D eigenvalue weighted by atomic mass is 10.3. The molecule has 7 nitrogen and oxygen atoms in total. The summed E-state index contributed by atoms with van der Waals surface area (Å²) in [6.07, 6.45) is 3.33. The Balaban J connectivity index is 2.23. The Morgan fingerprint density at radius 2 is 2.11 bits per heavy atom. The number of rotatable bonds is 4. The van der Waals surface area contributed by atoms with Crippen molar-refractivity contribution in [2.24, 2.45) is 0 Å². The van der Waals surface area contributed by atoms with Crippen LogP contribution in [0.5, 0.6) is 0 Å². The van der Waals surface area contributed by atoms with Crippen LogP contribution in [-0.2, 0) is 14.8 Å². The van der Waals surface area contributed by atoms with E-state index in [1.165, 1.54) is 16.7 Å². The number of sulfonamides is 1. The molecule has 1 aliphatic rings. The third-order valence-electron chi connectivity index (χ3n) is 2.95. The minimum Gasteiger partial charge on any atom is -0.380 e. The number of aromatic nitrogens is 2.